The number of nitrogens with zero attached hydrogens (tertiary/aromatic N) is 5. The maximum absolute atomic E-state index is 13.2. The first kappa shape index (κ1) is 24.5. The Hall–Kier alpha value is -4.16. The summed E-state index contributed by atoms with van der Waals surface area (Å²) in [6.45, 7) is 4.33. The molecule has 10 nitrogen and oxygen atoms in total. The van der Waals surface area contributed by atoms with Crippen molar-refractivity contribution in [2.75, 3.05) is 18.4 Å². The number of amides is 2. The Morgan fingerprint density at radius 1 is 1.22 bits per heavy atom. The predicted molar refractivity (Wildman–Crippen MR) is 138 cm³/mol. The molecular weight excluding hydrogens is 497 g/mol. The van der Waals surface area contributed by atoms with E-state index < -0.39 is 12.1 Å². The van der Waals surface area contributed by atoms with E-state index in [1.807, 2.05) is 10.6 Å². The lowest BCUT2D eigenvalue weighted by molar-refractivity contribution is -0.135. The minimum absolute atomic E-state index is 0.113. The van der Waals surface area contributed by atoms with Gasteiger partial charge in [0.05, 0.1) is 29.0 Å². The largest absolute Gasteiger partial charge is 0.391 e. The summed E-state index contributed by atoms with van der Waals surface area (Å²) in [4.78, 5) is 40.1. The molecule has 0 unspecified atom stereocenters. The number of aliphatic hydroxyl groups is 1. The maximum atomic E-state index is 13.2. The van der Waals surface area contributed by atoms with E-state index in [1.54, 1.807) is 30.9 Å². The molecule has 4 aromatic rings. The minimum atomic E-state index is -0.736. The Morgan fingerprint density at radius 3 is 2.81 bits per heavy atom. The zero-order chi connectivity index (χ0) is 25.9. The molecule has 37 heavy (non-hydrogen) atoms. The van der Waals surface area contributed by atoms with E-state index in [4.69, 9.17) is 0 Å². The van der Waals surface area contributed by atoms with Crippen LogP contribution in [0.25, 0.3) is 21.5 Å². The fourth-order valence-corrected chi connectivity index (χ4v) is 5.07. The Kier molecular flexibility index (Phi) is 6.93. The molecular formula is C25H24FN7O3S. The van der Waals surface area contributed by atoms with Crippen LogP contribution in [0.2, 0.25) is 0 Å². The first-order chi connectivity index (χ1) is 17.9. The highest BCUT2D eigenvalue weighted by atomic mass is 32.1. The number of benzene rings is 1. The average molecular weight is 522 g/mol. The van der Waals surface area contributed by atoms with Gasteiger partial charge in [-0.2, -0.15) is 0 Å². The van der Waals surface area contributed by atoms with E-state index in [-0.39, 0.29) is 30.6 Å². The lowest BCUT2D eigenvalue weighted by Gasteiger charge is -2.22. The zero-order valence-electron chi connectivity index (χ0n) is 19.7. The number of imidazole rings is 1. The predicted octanol–water partition coefficient (Wildman–Crippen LogP) is 2.70. The molecule has 1 saturated heterocycles. The van der Waals surface area contributed by atoms with Gasteiger partial charge >= 0.3 is 0 Å². The van der Waals surface area contributed by atoms with Gasteiger partial charge in [-0.3, -0.25) is 9.59 Å². The van der Waals surface area contributed by atoms with Crippen LogP contribution in [-0.4, -0.2) is 66.6 Å². The van der Waals surface area contributed by atoms with Gasteiger partial charge in [-0.05, 0) is 23.8 Å². The molecule has 2 amide bonds. The molecule has 190 valence electrons. The highest BCUT2D eigenvalue weighted by Crippen LogP contribution is 2.31. The number of fused-ring (bicyclic) bond motifs is 1. The number of carbonyl (C=O) groups excluding carboxylic acids is 2. The molecule has 0 aliphatic carbocycles. The van der Waals surface area contributed by atoms with Crippen LogP contribution in [0.3, 0.4) is 0 Å². The average Bonchev–Trinajstić information content (AvgIpc) is 3.63. The first-order valence-electron chi connectivity index (χ1n) is 11.6. The first-order valence-corrected chi connectivity index (χ1v) is 12.4. The number of likely N-dealkylation sites (tertiary alicyclic amines) is 1. The molecule has 2 atom stereocenters. The van der Waals surface area contributed by atoms with E-state index in [2.05, 4.69) is 32.2 Å². The van der Waals surface area contributed by atoms with E-state index in [9.17, 15) is 19.1 Å². The standard InChI is InChI=1S/C25H24FN7O3S/c1-2-23(35)33-13-17(34)9-20(33)24(36)27-7-8-32-14-30-18-11-28-22(10-19(18)32)31-25-29-12-21(37-25)15-3-5-16(26)6-4-15/h2-6,10-12,14,17,20,34H,1,7-9,13H2,(H,27,36)(H,28,29,31)/t17-,20-/m0/s1. The van der Waals surface area contributed by atoms with Gasteiger partial charge in [-0.25, -0.2) is 19.3 Å². The summed E-state index contributed by atoms with van der Waals surface area (Å²) in [5.74, 6) is -0.407. The Morgan fingerprint density at radius 2 is 2.03 bits per heavy atom. The molecule has 0 radical (unpaired) electrons. The topological polar surface area (TPSA) is 125 Å². The third-order valence-electron chi connectivity index (χ3n) is 6.07. The second-order valence-electron chi connectivity index (χ2n) is 8.55. The number of nitrogens with one attached hydrogen (secondary N) is 2. The molecule has 4 heterocycles. The van der Waals surface area contributed by atoms with Gasteiger partial charge in [-0.1, -0.05) is 30.0 Å². The van der Waals surface area contributed by atoms with Crippen molar-refractivity contribution in [3.05, 3.63) is 67.5 Å². The number of rotatable bonds is 8. The Labute approximate surface area is 215 Å². The number of carbonyl (C=O) groups is 2. The molecule has 1 aliphatic rings. The second kappa shape index (κ2) is 10.4. The van der Waals surface area contributed by atoms with Gasteiger partial charge in [0.25, 0.3) is 0 Å². The van der Waals surface area contributed by atoms with Crippen molar-refractivity contribution in [1.82, 2.24) is 29.7 Å². The monoisotopic (exact) mass is 521 g/mol. The summed E-state index contributed by atoms with van der Waals surface area (Å²) in [5, 5.41) is 16.6. The molecule has 3 aromatic heterocycles. The normalized spacial score (nSPS) is 17.2. The number of anilines is 2. The van der Waals surface area contributed by atoms with Crippen LogP contribution in [-0.2, 0) is 16.1 Å². The molecule has 5 rings (SSSR count). The number of hydrogen-bond donors (Lipinski definition) is 3. The fourth-order valence-electron chi connectivity index (χ4n) is 4.24. The van der Waals surface area contributed by atoms with Gasteiger partial charge < -0.3 is 25.2 Å². The van der Waals surface area contributed by atoms with Gasteiger partial charge in [-0.15, -0.1) is 0 Å². The molecule has 0 bridgehead atoms. The molecule has 0 saturated carbocycles. The van der Waals surface area contributed by atoms with E-state index in [0.717, 1.165) is 22.0 Å². The Bertz CT molecular complexity index is 1450. The quantitative estimate of drug-likeness (QED) is 0.305. The van der Waals surface area contributed by atoms with Gasteiger partial charge in [0, 0.05) is 38.3 Å². The van der Waals surface area contributed by atoms with E-state index >= 15 is 0 Å². The van der Waals surface area contributed by atoms with Crippen molar-refractivity contribution >= 4 is 45.1 Å². The molecule has 3 N–H and O–H groups in total. The highest BCUT2D eigenvalue weighted by molar-refractivity contribution is 7.18. The van der Waals surface area contributed by atoms with Gasteiger partial charge in [0.2, 0.25) is 11.8 Å². The fraction of sp³-hybridized carbons (Fsp3) is 0.240. The van der Waals surface area contributed by atoms with Crippen molar-refractivity contribution in [3.8, 4) is 10.4 Å². The molecule has 1 aliphatic heterocycles. The summed E-state index contributed by atoms with van der Waals surface area (Å²) < 4.78 is 15.1. The van der Waals surface area contributed by atoms with Crippen molar-refractivity contribution in [1.29, 1.82) is 0 Å². The lowest BCUT2D eigenvalue weighted by Crippen LogP contribution is -2.46. The number of halogens is 1. The van der Waals surface area contributed by atoms with Gasteiger partial charge in [0.1, 0.15) is 23.2 Å². The molecule has 1 aromatic carbocycles. The smallest absolute Gasteiger partial charge is 0.246 e. The lowest BCUT2D eigenvalue weighted by atomic mass is 10.2. The summed E-state index contributed by atoms with van der Waals surface area (Å²) in [6.07, 6.45) is 5.65. The third-order valence-corrected chi connectivity index (χ3v) is 7.03. The SMILES string of the molecule is C=CC(=O)N1C[C@@H](O)C[C@H]1C(=O)NCCn1cnc2cnc(Nc3ncc(-c4ccc(F)cc4)s3)cc21. The van der Waals surface area contributed by atoms with Crippen LogP contribution in [0.5, 0.6) is 0 Å². The zero-order valence-corrected chi connectivity index (χ0v) is 20.5. The van der Waals surface area contributed by atoms with Crippen molar-refractivity contribution in [3.63, 3.8) is 0 Å². The number of aromatic nitrogens is 4. The van der Waals surface area contributed by atoms with Crippen LogP contribution in [0.1, 0.15) is 6.42 Å². The van der Waals surface area contributed by atoms with Crippen LogP contribution in [0.15, 0.2) is 61.7 Å². The number of thiazole rings is 1. The summed E-state index contributed by atoms with van der Waals surface area (Å²) >= 11 is 1.42. The maximum Gasteiger partial charge on any atom is 0.246 e. The van der Waals surface area contributed by atoms with Crippen LogP contribution < -0.4 is 10.6 Å². The van der Waals surface area contributed by atoms with Crippen LogP contribution in [0.4, 0.5) is 15.3 Å². The molecule has 12 heteroatoms. The summed E-state index contributed by atoms with van der Waals surface area (Å²) in [6, 6.07) is 7.36. The highest BCUT2D eigenvalue weighted by Gasteiger charge is 2.37. The number of aliphatic hydroxyl groups excluding tert-OH is 1. The summed E-state index contributed by atoms with van der Waals surface area (Å²) in [7, 11) is 0. The number of hydrogen-bond acceptors (Lipinski definition) is 8. The summed E-state index contributed by atoms with van der Waals surface area (Å²) in [5.41, 5.74) is 2.39. The minimum Gasteiger partial charge on any atom is -0.391 e. The number of pyridine rings is 1. The third kappa shape index (κ3) is 5.34. The van der Waals surface area contributed by atoms with E-state index in [0.29, 0.717) is 29.6 Å². The van der Waals surface area contributed by atoms with Crippen LogP contribution in [0, 0.1) is 5.82 Å². The Balaban J connectivity index is 1.23. The van der Waals surface area contributed by atoms with Crippen molar-refractivity contribution in [2.24, 2.45) is 0 Å². The van der Waals surface area contributed by atoms with E-state index in [1.165, 1.54) is 28.4 Å². The van der Waals surface area contributed by atoms with Gasteiger partial charge in [0.15, 0.2) is 5.13 Å². The molecule has 1 fully saturated rings. The van der Waals surface area contributed by atoms with Crippen molar-refractivity contribution < 1.29 is 19.1 Å². The van der Waals surface area contributed by atoms with Crippen LogP contribution >= 0.6 is 11.3 Å². The number of β-amino-alcohol motifs (C(OH)–C–C–N with tert-alkyl or cyclic N) is 1. The van der Waals surface area contributed by atoms with Crippen molar-refractivity contribution in [2.45, 2.75) is 25.1 Å². The molecule has 0 spiro atoms. The second-order valence-corrected chi connectivity index (χ2v) is 9.58.